The fraction of sp³-hybridized carbons (Fsp3) is 0.579. The zero-order valence-electron chi connectivity index (χ0n) is 15.6. The van der Waals surface area contributed by atoms with Crippen LogP contribution in [0.4, 0.5) is 0 Å². The minimum Gasteiger partial charge on any atom is -0.342 e. The number of aromatic nitrogens is 4. The quantitative estimate of drug-likeness (QED) is 0.860. The molecule has 1 aliphatic heterocycles. The van der Waals surface area contributed by atoms with Crippen LogP contribution < -0.4 is 0 Å². The Labute approximate surface area is 149 Å². The van der Waals surface area contributed by atoms with E-state index in [-0.39, 0.29) is 17.2 Å². The van der Waals surface area contributed by atoms with E-state index in [9.17, 15) is 4.79 Å². The summed E-state index contributed by atoms with van der Waals surface area (Å²) < 4.78 is 1.92. The first-order valence-electron chi connectivity index (χ1n) is 9.03. The second kappa shape index (κ2) is 6.94. The van der Waals surface area contributed by atoms with Crippen LogP contribution in [0.1, 0.15) is 52.1 Å². The molecule has 0 aromatic carbocycles. The molecule has 0 N–H and O–H groups in total. The van der Waals surface area contributed by atoms with Crippen molar-refractivity contribution in [3.8, 4) is 11.4 Å². The molecule has 0 spiro atoms. The highest BCUT2D eigenvalue weighted by atomic mass is 16.2. The topological polar surface area (TPSA) is 63.9 Å². The molecule has 0 aliphatic carbocycles. The van der Waals surface area contributed by atoms with E-state index in [1.165, 1.54) is 0 Å². The monoisotopic (exact) mass is 341 g/mol. The summed E-state index contributed by atoms with van der Waals surface area (Å²) >= 11 is 0. The number of piperidine rings is 1. The van der Waals surface area contributed by atoms with Gasteiger partial charge in [-0.15, -0.1) is 0 Å². The number of aryl methyl sites for hydroxylation is 1. The van der Waals surface area contributed by atoms with Crippen LogP contribution in [0.5, 0.6) is 0 Å². The number of hydrogen-bond acceptors (Lipinski definition) is 4. The predicted molar refractivity (Wildman–Crippen MR) is 96.9 cm³/mol. The van der Waals surface area contributed by atoms with Gasteiger partial charge in [-0.1, -0.05) is 20.8 Å². The van der Waals surface area contributed by atoms with Gasteiger partial charge in [-0.25, -0.2) is 4.98 Å². The molecule has 1 fully saturated rings. The highest BCUT2D eigenvalue weighted by molar-refractivity contribution is 5.81. The standard InChI is InChI=1S/C19H27N5O/c1-5-24-17(8-9-21-24)16-12-20-11-15(22-16)14-7-6-10-23(13-14)18(25)19(2,3)4/h8-9,11-12,14H,5-7,10,13H2,1-4H3. The third-order valence-corrected chi connectivity index (χ3v) is 4.70. The van der Waals surface area contributed by atoms with Crippen molar-refractivity contribution in [2.75, 3.05) is 13.1 Å². The van der Waals surface area contributed by atoms with Crippen molar-refractivity contribution in [3.63, 3.8) is 0 Å². The summed E-state index contributed by atoms with van der Waals surface area (Å²) in [5, 5.41) is 4.31. The van der Waals surface area contributed by atoms with Gasteiger partial charge >= 0.3 is 0 Å². The van der Waals surface area contributed by atoms with Crippen LogP contribution in [0.2, 0.25) is 0 Å². The van der Waals surface area contributed by atoms with Gasteiger partial charge in [0.05, 0.1) is 17.6 Å². The van der Waals surface area contributed by atoms with E-state index >= 15 is 0 Å². The number of likely N-dealkylation sites (tertiary alicyclic amines) is 1. The molecule has 1 unspecified atom stereocenters. The van der Waals surface area contributed by atoms with E-state index in [1.54, 1.807) is 12.4 Å². The van der Waals surface area contributed by atoms with Crippen molar-refractivity contribution >= 4 is 5.91 Å². The summed E-state index contributed by atoms with van der Waals surface area (Å²) in [7, 11) is 0. The SMILES string of the molecule is CCn1nccc1-c1cncc(C2CCCN(C(=O)C(C)(C)C)C2)n1. The van der Waals surface area contributed by atoms with Crippen LogP contribution in [0.25, 0.3) is 11.4 Å². The van der Waals surface area contributed by atoms with E-state index < -0.39 is 0 Å². The fourth-order valence-electron chi connectivity index (χ4n) is 3.38. The van der Waals surface area contributed by atoms with Crippen molar-refractivity contribution in [2.45, 2.75) is 53.0 Å². The molecule has 0 radical (unpaired) electrons. The average molecular weight is 341 g/mol. The summed E-state index contributed by atoms with van der Waals surface area (Å²) in [5.74, 6) is 0.455. The van der Waals surface area contributed by atoms with Gasteiger partial charge in [0.1, 0.15) is 5.69 Å². The summed E-state index contributed by atoms with van der Waals surface area (Å²) in [5.41, 5.74) is 2.45. The predicted octanol–water partition coefficient (Wildman–Crippen LogP) is 3.11. The van der Waals surface area contributed by atoms with Gasteiger partial charge in [0.15, 0.2) is 0 Å². The molecule has 134 valence electrons. The van der Waals surface area contributed by atoms with Gasteiger partial charge < -0.3 is 4.90 Å². The fourth-order valence-corrected chi connectivity index (χ4v) is 3.38. The Morgan fingerprint density at radius 3 is 2.84 bits per heavy atom. The number of amides is 1. The van der Waals surface area contributed by atoms with Crippen molar-refractivity contribution in [2.24, 2.45) is 5.41 Å². The molecule has 1 atom stereocenters. The second-order valence-corrected chi connectivity index (χ2v) is 7.70. The summed E-state index contributed by atoms with van der Waals surface area (Å²) in [6, 6.07) is 1.97. The molecule has 2 aromatic rings. The molecular weight excluding hydrogens is 314 g/mol. The van der Waals surface area contributed by atoms with Crippen molar-refractivity contribution in [1.82, 2.24) is 24.6 Å². The van der Waals surface area contributed by atoms with Gasteiger partial charge in [0, 0.05) is 43.4 Å². The maximum atomic E-state index is 12.6. The van der Waals surface area contributed by atoms with Gasteiger partial charge in [0.2, 0.25) is 5.91 Å². The van der Waals surface area contributed by atoms with Crippen LogP contribution in [0.3, 0.4) is 0 Å². The Balaban J connectivity index is 1.82. The molecule has 0 saturated carbocycles. The first-order valence-corrected chi connectivity index (χ1v) is 9.03. The molecule has 3 rings (SSSR count). The number of nitrogens with zero attached hydrogens (tertiary/aromatic N) is 5. The number of rotatable bonds is 3. The van der Waals surface area contributed by atoms with Crippen molar-refractivity contribution in [1.29, 1.82) is 0 Å². The lowest BCUT2D eigenvalue weighted by Gasteiger charge is -2.36. The smallest absolute Gasteiger partial charge is 0.227 e. The van der Waals surface area contributed by atoms with Gasteiger partial charge in [0.25, 0.3) is 0 Å². The molecule has 1 amide bonds. The first-order chi connectivity index (χ1) is 11.9. The van der Waals surface area contributed by atoms with Crippen LogP contribution in [0, 0.1) is 5.41 Å². The van der Waals surface area contributed by atoms with Crippen LogP contribution in [-0.2, 0) is 11.3 Å². The summed E-state index contributed by atoms with van der Waals surface area (Å²) in [4.78, 5) is 23.8. The second-order valence-electron chi connectivity index (χ2n) is 7.70. The minimum absolute atomic E-state index is 0.213. The lowest BCUT2D eigenvalue weighted by molar-refractivity contribution is -0.140. The maximum absolute atomic E-state index is 12.6. The first kappa shape index (κ1) is 17.6. The van der Waals surface area contributed by atoms with Crippen LogP contribution in [0.15, 0.2) is 24.7 Å². The average Bonchev–Trinajstić information content (AvgIpc) is 3.09. The summed E-state index contributed by atoms with van der Waals surface area (Å²) in [6.07, 6.45) is 7.46. The molecule has 2 aromatic heterocycles. The van der Waals surface area contributed by atoms with E-state index in [0.717, 1.165) is 49.6 Å². The molecule has 0 bridgehead atoms. The molecule has 25 heavy (non-hydrogen) atoms. The number of hydrogen-bond donors (Lipinski definition) is 0. The zero-order chi connectivity index (χ0) is 18.0. The minimum atomic E-state index is -0.344. The Morgan fingerprint density at radius 1 is 1.32 bits per heavy atom. The molecule has 1 saturated heterocycles. The maximum Gasteiger partial charge on any atom is 0.227 e. The van der Waals surface area contributed by atoms with Crippen molar-refractivity contribution in [3.05, 3.63) is 30.4 Å². The lowest BCUT2D eigenvalue weighted by atomic mass is 9.90. The molecule has 1 aliphatic rings. The third-order valence-electron chi connectivity index (χ3n) is 4.70. The van der Waals surface area contributed by atoms with E-state index in [4.69, 9.17) is 4.98 Å². The normalized spacial score (nSPS) is 18.4. The molecule has 6 nitrogen and oxygen atoms in total. The van der Waals surface area contributed by atoms with E-state index in [1.807, 2.05) is 42.6 Å². The Morgan fingerprint density at radius 2 is 2.12 bits per heavy atom. The van der Waals surface area contributed by atoms with Gasteiger partial charge in [-0.3, -0.25) is 14.5 Å². The largest absolute Gasteiger partial charge is 0.342 e. The zero-order valence-corrected chi connectivity index (χ0v) is 15.6. The molecular formula is C19H27N5O. The highest BCUT2D eigenvalue weighted by Gasteiger charge is 2.32. The van der Waals surface area contributed by atoms with Gasteiger partial charge in [-0.2, -0.15) is 5.10 Å². The van der Waals surface area contributed by atoms with Crippen LogP contribution >= 0.6 is 0 Å². The number of carbonyl (C=O) groups excluding carboxylic acids is 1. The van der Waals surface area contributed by atoms with Crippen LogP contribution in [-0.4, -0.2) is 43.6 Å². The number of carbonyl (C=O) groups is 1. The Hall–Kier alpha value is -2.24. The highest BCUT2D eigenvalue weighted by Crippen LogP contribution is 2.29. The van der Waals surface area contributed by atoms with E-state index in [2.05, 4.69) is 17.0 Å². The Kier molecular flexibility index (Phi) is 4.88. The van der Waals surface area contributed by atoms with Gasteiger partial charge in [-0.05, 0) is 25.8 Å². The molecule has 6 heteroatoms. The summed E-state index contributed by atoms with van der Waals surface area (Å²) in [6.45, 7) is 10.3. The van der Waals surface area contributed by atoms with E-state index in [0.29, 0.717) is 0 Å². The lowest BCUT2D eigenvalue weighted by Crippen LogP contribution is -2.44. The van der Waals surface area contributed by atoms with Crippen molar-refractivity contribution < 1.29 is 4.79 Å². The third kappa shape index (κ3) is 3.72. The Bertz CT molecular complexity index is 746. The molecule has 3 heterocycles.